The summed E-state index contributed by atoms with van der Waals surface area (Å²) in [4.78, 5) is 38.4. The Bertz CT molecular complexity index is 782. The zero-order valence-electron chi connectivity index (χ0n) is 18.9. The smallest absolute Gasteiger partial charge is 0.407 e. The lowest BCUT2D eigenvalue weighted by Crippen LogP contribution is -2.47. The molecule has 0 aromatic heterocycles. The van der Waals surface area contributed by atoms with Crippen LogP contribution in [0.3, 0.4) is 0 Å². The SMILES string of the molecule is COCOc1ccc(NC(=O)CN2CCC(NC(=O)OC(C)(C)C)CC2)c(C(C)=O)c1. The highest BCUT2D eigenvalue weighted by atomic mass is 16.7. The molecule has 1 aromatic carbocycles. The van der Waals surface area contributed by atoms with Crippen LogP contribution in [0.4, 0.5) is 10.5 Å². The molecule has 1 aromatic rings. The van der Waals surface area contributed by atoms with Gasteiger partial charge in [-0.2, -0.15) is 0 Å². The average molecular weight is 436 g/mol. The highest BCUT2D eigenvalue weighted by Crippen LogP contribution is 2.23. The third kappa shape index (κ3) is 8.55. The van der Waals surface area contributed by atoms with Crippen molar-refractivity contribution in [3.63, 3.8) is 0 Å². The minimum atomic E-state index is -0.532. The van der Waals surface area contributed by atoms with E-state index in [1.807, 2.05) is 25.7 Å². The standard InChI is InChI=1S/C22H33N3O6/c1-15(26)18-12-17(30-14-29-5)6-7-19(18)24-20(27)13-25-10-8-16(9-11-25)23-21(28)31-22(2,3)4/h6-7,12,16H,8-11,13-14H2,1-5H3,(H,23,28)(H,24,27). The van der Waals surface area contributed by atoms with Crippen LogP contribution in [0.1, 0.15) is 50.9 Å². The Kier molecular flexibility index (Phi) is 8.82. The van der Waals surface area contributed by atoms with Gasteiger partial charge in [-0.15, -0.1) is 0 Å². The topological polar surface area (TPSA) is 106 Å². The van der Waals surface area contributed by atoms with Gasteiger partial charge in [0, 0.05) is 31.8 Å². The Morgan fingerprint density at radius 2 is 1.84 bits per heavy atom. The predicted octanol–water partition coefficient (Wildman–Crippen LogP) is 2.80. The summed E-state index contributed by atoms with van der Waals surface area (Å²) in [5.74, 6) is 0.114. The molecular formula is C22H33N3O6. The molecule has 0 radical (unpaired) electrons. The largest absolute Gasteiger partial charge is 0.468 e. The molecule has 1 aliphatic rings. The maximum atomic E-state index is 12.5. The number of nitrogens with zero attached hydrogens (tertiary/aromatic N) is 1. The highest BCUT2D eigenvalue weighted by Gasteiger charge is 2.24. The molecule has 0 bridgehead atoms. The Balaban J connectivity index is 1.84. The van der Waals surface area contributed by atoms with E-state index in [0.717, 1.165) is 12.8 Å². The maximum Gasteiger partial charge on any atom is 0.407 e. The second kappa shape index (κ2) is 11.1. The quantitative estimate of drug-likeness (QED) is 0.478. The van der Waals surface area contributed by atoms with Crippen molar-refractivity contribution in [1.29, 1.82) is 0 Å². The second-order valence-electron chi connectivity index (χ2n) is 8.56. The number of methoxy groups -OCH3 is 1. The van der Waals surface area contributed by atoms with Crippen LogP contribution in [0.25, 0.3) is 0 Å². The minimum Gasteiger partial charge on any atom is -0.468 e. The number of likely N-dealkylation sites (tertiary alicyclic amines) is 1. The number of benzene rings is 1. The van der Waals surface area contributed by atoms with Crippen LogP contribution < -0.4 is 15.4 Å². The van der Waals surface area contributed by atoms with Gasteiger partial charge in [-0.05, 0) is 58.7 Å². The predicted molar refractivity (Wildman–Crippen MR) is 116 cm³/mol. The molecule has 0 aliphatic carbocycles. The number of hydrogen-bond donors (Lipinski definition) is 2. The fourth-order valence-corrected chi connectivity index (χ4v) is 3.24. The molecule has 0 saturated carbocycles. The fourth-order valence-electron chi connectivity index (χ4n) is 3.24. The van der Waals surface area contributed by atoms with E-state index in [0.29, 0.717) is 30.1 Å². The molecule has 1 heterocycles. The van der Waals surface area contributed by atoms with E-state index in [4.69, 9.17) is 14.2 Å². The first-order valence-corrected chi connectivity index (χ1v) is 10.4. The van der Waals surface area contributed by atoms with E-state index in [2.05, 4.69) is 10.6 Å². The number of rotatable bonds is 8. The van der Waals surface area contributed by atoms with Gasteiger partial charge >= 0.3 is 6.09 Å². The summed E-state index contributed by atoms with van der Waals surface area (Å²) in [7, 11) is 1.51. The summed E-state index contributed by atoms with van der Waals surface area (Å²) in [6.07, 6.45) is 1.05. The lowest BCUT2D eigenvalue weighted by molar-refractivity contribution is -0.117. The van der Waals surface area contributed by atoms with Crippen molar-refractivity contribution in [2.45, 2.75) is 52.2 Å². The van der Waals surface area contributed by atoms with E-state index >= 15 is 0 Å². The van der Waals surface area contributed by atoms with Crippen LogP contribution in [-0.4, -0.2) is 67.9 Å². The van der Waals surface area contributed by atoms with Crippen molar-refractivity contribution in [2.75, 3.05) is 38.9 Å². The summed E-state index contributed by atoms with van der Waals surface area (Å²) in [5.41, 5.74) is 0.293. The van der Waals surface area contributed by atoms with Gasteiger partial charge in [0.15, 0.2) is 12.6 Å². The number of ether oxygens (including phenoxy) is 3. The number of Topliss-reactive ketones (excluding diaryl/α,β-unsaturated/α-hetero) is 1. The van der Waals surface area contributed by atoms with E-state index in [1.54, 1.807) is 18.2 Å². The fraction of sp³-hybridized carbons (Fsp3) is 0.591. The first-order valence-electron chi connectivity index (χ1n) is 10.4. The summed E-state index contributed by atoms with van der Waals surface area (Å²) < 4.78 is 15.5. The molecule has 172 valence electrons. The number of hydrogen-bond acceptors (Lipinski definition) is 7. The average Bonchev–Trinajstić information content (AvgIpc) is 2.67. The van der Waals surface area contributed by atoms with E-state index in [1.165, 1.54) is 14.0 Å². The molecule has 1 fully saturated rings. The molecule has 2 rings (SSSR count). The van der Waals surface area contributed by atoms with Crippen LogP contribution in [0.15, 0.2) is 18.2 Å². The molecule has 1 saturated heterocycles. The van der Waals surface area contributed by atoms with E-state index in [9.17, 15) is 14.4 Å². The number of carbonyl (C=O) groups excluding carboxylic acids is 3. The van der Waals surface area contributed by atoms with Gasteiger partial charge in [-0.25, -0.2) is 4.79 Å². The van der Waals surface area contributed by atoms with Gasteiger partial charge in [-0.3, -0.25) is 14.5 Å². The molecule has 31 heavy (non-hydrogen) atoms. The number of amides is 2. The Morgan fingerprint density at radius 3 is 2.42 bits per heavy atom. The molecule has 1 aliphatic heterocycles. The van der Waals surface area contributed by atoms with Gasteiger partial charge in [0.2, 0.25) is 5.91 Å². The zero-order chi connectivity index (χ0) is 23.0. The summed E-state index contributed by atoms with van der Waals surface area (Å²) in [6, 6.07) is 4.94. The lowest BCUT2D eigenvalue weighted by atomic mass is 10.1. The number of nitrogens with one attached hydrogen (secondary N) is 2. The van der Waals surface area contributed by atoms with Crippen molar-refractivity contribution in [1.82, 2.24) is 10.2 Å². The van der Waals surface area contributed by atoms with Crippen molar-refractivity contribution < 1.29 is 28.6 Å². The van der Waals surface area contributed by atoms with Crippen molar-refractivity contribution >= 4 is 23.5 Å². The van der Waals surface area contributed by atoms with Crippen LogP contribution in [0.5, 0.6) is 5.75 Å². The van der Waals surface area contributed by atoms with Crippen molar-refractivity contribution in [3.8, 4) is 5.75 Å². The number of anilines is 1. The summed E-state index contributed by atoms with van der Waals surface area (Å²) >= 11 is 0. The Labute approximate surface area is 183 Å². The lowest BCUT2D eigenvalue weighted by Gasteiger charge is -2.32. The van der Waals surface area contributed by atoms with Crippen LogP contribution in [0.2, 0.25) is 0 Å². The molecule has 0 atom stereocenters. The Hall–Kier alpha value is -2.65. The first-order chi connectivity index (χ1) is 14.6. The molecule has 2 amide bonds. The molecule has 2 N–H and O–H groups in total. The van der Waals surface area contributed by atoms with Gasteiger partial charge in [0.05, 0.1) is 12.2 Å². The molecule has 0 unspecified atom stereocenters. The second-order valence-corrected chi connectivity index (χ2v) is 8.56. The zero-order valence-corrected chi connectivity index (χ0v) is 18.9. The van der Waals surface area contributed by atoms with Gasteiger partial charge < -0.3 is 24.8 Å². The molecule has 9 heteroatoms. The van der Waals surface area contributed by atoms with Gasteiger partial charge in [0.25, 0.3) is 0 Å². The molecular weight excluding hydrogens is 402 g/mol. The third-order valence-corrected chi connectivity index (χ3v) is 4.66. The van der Waals surface area contributed by atoms with E-state index < -0.39 is 11.7 Å². The van der Waals surface area contributed by atoms with Crippen LogP contribution >= 0.6 is 0 Å². The van der Waals surface area contributed by atoms with Crippen molar-refractivity contribution in [3.05, 3.63) is 23.8 Å². The maximum absolute atomic E-state index is 12.5. The number of carbonyl (C=O) groups is 3. The number of piperidine rings is 1. The summed E-state index contributed by atoms with van der Waals surface area (Å²) in [5, 5.41) is 5.70. The van der Waals surface area contributed by atoms with Gasteiger partial charge in [0.1, 0.15) is 11.4 Å². The van der Waals surface area contributed by atoms with Gasteiger partial charge in [-0.1, -0.05) is 0 Å². The van der Waals surface area contributed by atoms with E-state index in [-0.39, 0.29) is 31.1 Å². The van der Waals surface area contributed by atoms with Crippen LogP contribution in [0, 0.1) is 0 Å². The third-order valence-electron chi connectivity index (χ3n) is 4.66. The highest BCUT2D eigenvalue weighted by molar-refractivity contribution is 6.04. The number of alkyl carbamates (subject to hydrolysis) is 1. The van der Waals surface area contributed by atoms with Crippen LogP contribution in [-0.2, 0) is 14.3 Å². The molecule has 9 nitrogen and oxygen atoms in total. The first kappa shape index (κ1) is 24.6. The normalized spacial score (nSPS) is 15.3. The minimum absolute atomic E-state index is 0.0260. The summed E-state index contributed by atoms with van der Waals surface area (Å²) in [6.45, 7) is 8.55. The van der Waals surface area contributed by atoms with Crippen molar-refractivity contribution in [2.24, 2.45) is 0 Å². The Morgan fingerprint density at radius 1 is 1.16 bits per heavy atom. The monoisotopic (exact) mass is 435 g/mol. The number of ketones is 1. The molecule has 0 spiro atoms.